The average Bonchev–Trinajstić information content (AvgIpc) is 2.28. The summed E-state index contributed by atoms with van der Waals surface area (Å²) in [7, 11) is 0. The van der Waals surface area contributed by atoms with Crippen LogP contribution in [0.2, 0.25) is 5.02 Å². The van der Waals surface area contributed by atoms with E-state index in [1.807, 2.05) is 6.92 Å². The lowest BCUT2D eigenvalue weighted by atomic mass is 10.2. The molecule has 0 aliphatic heterocycles. The number of nitrogens with two attached hydrogens (primary N) is 1. The monoisotopic (exact) mass is 261 g/mol. The summed E-state index contributed by atoms with van der Waals surface area (Å²) in [5.41, 5.74) is 6.77. The van der Waals surface area contributed by atoms with E-state index in [-0.39, 0.29) is 5.84 Å². The third kappa shape index (κ3) is 2.99. The average molecular weight is 262 g/mol. The molecule has 0 saturated carbocycles. The smallest absolute Gasteiger partial charge is 0.220 e. The third-order valence-electron chi connectivity index (χ3n) is 2.26. The van der Waals surface area contributed by atoms with Crippen molar-refractivity contribution in [1.82, 2.24) is 4.98 Å². The zero-order valence-corrected chi connectivity index (χ0v) is 10.5. The van der Waals surface area contributed by atoms with Crippen molar-refractivity contribution in [2.24, 2.45) is 5.73 Å². The van der Waals surface area contributed by atoms with Crippen LogP contribution >= 0.6 is 11.6 Å². The summed E-state index contributed by atoms with van der Waals surface area (Å²) < 4.78 is 5.58. The Morgan fingerprint density at radius 3 is 2.78 bits per heavy atom. The number of pyridine rings is 1. The number of halogens is 1. The van der Waals surface area contributed by atoms with Crippen LogP contribution < -0.4 is 10.5 Å². The fourth-order valence-electron chi connectivity index (χ4n) is 1.50. The van der Waals surface area contributed by atoms with Crippen LogP contribution in [-0.4, -0.2) is 10.8 Å². The Morgan fingerprint density at radius 2 is 2.11 bits per heavy atom. The van der Waals surface area contributed by atoms with E-state index in [4.69, 9.17) is 27.5 Å². The molecule has 1 aromatic heterocycles. The molecule has 0 aliphatic carbocycles. The van der Waals surface area contributed by atoms with Gasteiger partial charge in [0.1, 0.15) is 11.6 Å². The number of amidine groups is 1. The van der Waals surface area contributed by atoms with E-state index in [2.05, 4.69) is 4.98 Å². The lowest BCUT2D eigenvalue weighted by Gasteiger charge is -2.07. The largest absolute Gasteiger partial charge is 0.439 e. The summed E-state index contributed by atoms with van der Waals surface area (Å²) >= 11 is 5.87. The van der Waals surface area contributed by atoms with Gasteiger partial charge in [-0.25, -0.2) is 4.98 Å². The number of nitrogen functional groups attached to an aromatic ring is 1. The Labute approximate surface area is 110 Å². The second-order valence-electron chi connectivity index (χ2n) is 3.81. The summed E-state index contributed by atoms with van der Waals surface area (Å²) in [6.07, 6.45) is 0. The Bertz CT molecular complexity index is 599. The van der Waals surface area contributed by atoms with E-state index < -0.39 is 0 Å². The molecule has 92 valence electrons. The first-order valence-electron chi connectivity index (χ1n) is 5.31. The molecule has 2 aromatic rings. The van der Waals surface area contributed by atoms with Crippen LogP contribution in [0, 0.1) is 12.3 Å². The number of benzene rings is 1. The molecule has 2 rings (SSSR count). The minimum absolute atomic E-state index is 0.0172. The van der Waals surface area contributed by atoms with Crippen LogP contribution in [0.25, 0.3) is 0 Å². The molecule has 0 unspecified atom stereocenters. The van der Waals surface area contributed by atoms with Crippen molar-refractivity contribution in [2.75, 3.05) is 0 Å². The van der Waals surface area contributed by atoms with Gasteiger partial charge in [0.15, 0.2) is 0 Å². The molecule has 0 bridgehead atoms. The van der Waals surface area contributed by atoms with E-state index in [9.17, 15) is 0 Å². The molecule has 0 radical (unpaired) electrons. The second kappa shape index (κ2) is 5.06. The van der Waals surface area contributed by atoms with E-state index in [0.29, 0.717) is 22.2 Å². The highest BCUT2D eigenvalue weighted by Gasteiger charge is 2.05. The van der Waals surface area contributed by atoms with Gasteiger partial charge in [-0.3, -0.25) is 5.41 Å². The van der Waals surface area contributed by atoms with Crippen LogP contribution in [0.15, 0.2) is 36.4 Å². The number of ether oxygens (including phenoxy) is 1. The van der Waals surface area contributed by atoms with Crippen molar-refractivity contribution in [3.8, 4) is 11.6 Å². The summed E-state index contributed by atoms with van der Waals surface area (Å²) in [5, 5.41) is 8.01. The molecule has 18 heavy (non-hydrogen) atoms. The Kier molecular flexibility index (Phi) is 3.48. The lowest BCUT2D eigenvalue weighted by molar-refractivity contribution is 0.461. The number of hydrogen-bond acceptors (Lipinski definition) is 3. The highest BCUT2D eigenvalue weighted by molar-refractivity contribution is 6.30. The Balaban J connectivity index is 2.31. The Hall–Kier alpha value is -2.07. The number of hydrogen-bond donors (Lipinski definition) is 2. The zero-order valence-electron chi connectivity index (χ0n) is 9.77. The molecule has 0 atom stereocenters. The molecule has 0 amide bonds. The fourth-order valence-corrected chi connectivity index (χ4v) is 1.68. The number of nitrogens with one attached hydrogen (secondary N) is 1. The van der Waals surface area contributed by atoms with Gasteiger partial charge in [0.2, 0.25) is 5.88 Å². The van der Waals surface area contributed by atoms with Gasteiger partial charge < -0.3 is 10.5 Å². The first kappa shape index (κ1) is 12.4. The van der Waals surface area contributed by atoms with E-state index in [1.54, 1.807) is 36.4 Å². The molecule has 3 N–H and O–H groups in total. The summed E-state index contributed by atoms with van der Waals surface area (Å²) in [6.45, 7) is 1.82. The van der Waals surface area contributed by atoms with Crippen LogP contribution in [0.5, 0.6) is 11.6 Å². The van der Waals surface area contributed by atoms with Crippen molar-refractivity contribution in [2.45, 2.75) is 6.92 Å². The molecule has 4 nitrogen and oxygen atoms in total. The summed E-state index contributed by atoms with van der Waals surface area (Å²) in [6, 6.07) is 10.4. The number of nitrogens with zero attached hydrogens (tertiary/aromatic N) is 1. The molecule has 0 saturated heterocycles. The maximum absolute atomic E-state index is 7.42. The third-order valence-corrected chi connectivity index (χ3v) is 2.49. The highest BCUT2D eigenvalue weighted by atomic mass is 35.5. The van der Waals surface area contributed by atoms with Gasteiger partial charge in [-0.05, 0) is 31.2 Å². The normalized spacial score (nSPS) is 10.1. The number of aryl methyl sites for hydroxylation is 1. The fraction of sp³-hybridized carbons (Fsp3) is 0.0769. The van der Waals surface area contributed by atoms with E-state index >= 15 is 0 Å². The van der Waals surface area contributed by atoms with Crippen molar-refractivity contribution < 1.29 is 4.74 Å². The number of aromatic nitrogens is 1. The molecular weight excluding hydrogens is 250 g/mol. The molecule has 1 heterocycles. The summed E-state index contributed by atoms with van der Waals surface area (Å²) in [4.78, 5) is 4.22. The summed E-state index contributed by atoms with van der Waals surface area (Å²) in [5.74, 6) is 0.967. The highest BCUT2D eigenvalue weighted by Crippen LogP contribution is 2.23. The topological polar surface area (TPSA) is 72.0 Å². The zero-order chi connectivity index (χ0) is 13.1. The first-order valence-corrected chi connectivity index (χ1v) is 5.69. The van der Waals surface area contributed by atoms with Crippen LogP contribution in [0.3, 0.4) is 0 Å². The molecule has 1 aromatic carbocycles. The minimum Gasteiger partial charge on any atom is -0.439 e. The van der Waals surface area contributed by atoms with Gasteiger partial charge in [0, 0.05) is 22.3 Å². The SMILES string of the molecule is Cc1cc(C(=N)N)cc(Oc2cccc(Cl)c2)n1. The second-order valence-corrected chi connectivity index (χ2v) is 4.24. The molecule has 0 aliphatic rings. The maximum atomic E-state index is 7.42. The lowest BCUT2D eigenvalue weighted by Crippen LogP contribution is -2.11. The van der Waals surface area contributed by atoms with Crippen LogP contribution in [0.1, 0.15) is 11.3 Å². The molecule has 5 heteroatoms. The van der Waals surface area contributed by atoms with Crippen molar-refractivity contribution in [3.63, 3.8) is 0 Å². The molecular formula is C13H12ClN3O. The van der Waals surface area contributed by atoms with Crippen molar-refractivity contribution in [3.05, 3.63) is 52.7 Å². The van der Waals surface area contributed by atoms with E-state index in [0.717, 1.165) is 5.69 Å². The van der Waals surface area contributed by atoms with Crippen molar-refractivity contribution in [1.29, 1.82) is 5.41 Å². The molecule has 0 fully saturated rings. The Morgan fingerprint density at radius 1 is 1.33 bits per heavy atom. The standard InChI is InChI=1S/C13H12ClN3O/c1-8-5-9(13(15)16)6-12(17-8)18-11-4-2-3-10(14)7-11/h2-7H,1H3,(H3,15,16). The van der Waals surface area contributed by atoms with Gasteiger partial charge in [-0.15, -0.1) is 0 Å². The maximum Gasteiger partial charge on any atom is 0.220 e. The van der Waals surface area contributed by atoms with Gasteiger partial charge in [-0.2, -0.15) is 0 Å². The number of rotatable bonds is 3. The van der Waals surface area contributed by atoms with Crippen molar-refractivity contribution >= 4 is 17.4 Å². The molecule has 0 spiro atoms. The van der Waals surface area contributed by atoms with Gasteiger partial charge in [0.25, 0.3) is 0 Å². The van der Waals surface area contributed by atoms with E-state index in [1.165, 1.54) is 0 Å². The minimum atomic E-state index is -0.0172. The van der Waals surface area contributed by atoms with Crippen LogP contribution in [-0.2, 0) is 0 Å². The first-order chi connectivity index (χ1) is 8.54. The van der Waals surface area contributed by atoms with Gasteiger partial charge in [0.05, 0.1) is 0 Å². The quantitative estimate of drug-likeness (QED) is 0.659. The predicted octanol–water partition coefficient (Wildman–Crippen LogP) is 3.12. The van der Waals surface area contributed by atoms with Gasteiger partial charge >= 0.3 is 0 Å². The van der Waals surface area contributed by atoms with Crippen LogP contribution in [0.4, 0.5) is 0 Å². The van der Waals surface area contributed by atoms with Gasteiger partial charge in [-0.1, -0.05) is 17.7 Å². The predicted molar refractivity (Wildman–Crippen MR) is 71.5 cm³/mol.